The number of likely N-dealkylation sites (N-methyl/N-ethyl adjacent to an activating group) is 1. The normalized spacial score (nSPS) is 24.8. The van der Waals surface area contributed by atoms with E-state index in [0.717, 1.165) is 39.3 Å². The molecule has 3 aliphatic rings. The van der Waals surface area contributed by atoms with Gasteiger partial charge in [-0.3, -0.25) is 19.2 Å². The Labute approximate surface area is 218 Å². The zero-order chi connectivity index (χ0) is 26.4. The van der Waals surface area contributed by atoms with Crippen molar-refractivity contribution in [2.75, 3.05) is 63.5 Å². The number of rotatable bonds is 9. The summed E-state index contributed by atoms with van der Waals surface area (Å²) < 4.78 is 43.9. The lowest BCUT2D eigenvalue weighted by atomic mass is 9.94. The number of carbonyl (C=O) groups excluding carboxylic acids is 2. The van der Waals surface area contributed by atoms with Gasteiger partial charge in [0, 0.05) is 32.4 Å². The summed E-state index contributed by atoms with van der Waals surface area (Å²) in [6.07, 6.45) is 1.90. The lowest BCUT2D eigenvalue weighted by molar-refractivity contribution is -0.134. The summed E-state index contributed by atoms with van der Waals surface area (Å²) in [4.78, 5) is 29.8. The summed E-state index contributed by atoms with van der Waals surface area (Å²) in [5.41, 5.74) is 0.620. The summed E-state index contributed by atoms with van der Waals surface area (Å²) in [5.74, 6) is 0.0122. The molecule has 0 bridgehead atoms. The Morgan fingerprint density at radius 1 is 1.19 bits per heavy atom. The van der Waals surface area contributed by atoms with E-state index in [4.69, 9.17) is 14.2 Å². The molecule has 0 radical (unpaired) electrons. The number of morpholine rings is 1. The molecule has 0 saturated carbocycles. The highest BCUT2D eigenvalue weighted by Gasteiger charge is 2.39. The van der Waals surface area contributed by atoms with Crippen molar-refractivity contribution in [2.45, 2.75) is 50.9 Å². The fraction of sp³-hybridized carbons (Fsp3) is 0.680. The van der Waals surface area contributed by atoms with Gasteiger partial charge in [-0.2, -0.15) is 0 Å². The third-order valence-electron chi connectivity index (χ3n) is 7.16. The van der Waals surface area contributed by atoms with Gasteiger partial charge in [0.25, 0.3) is 5.91 Å². The van der Waals surface area contributed by atoms with Crippen LogP contribution < -0.4 is 14.8 Å². The zero-order valence-corrected chi connectivity index (χ0v) is 22.4. The van der Waals surface area contributed by atoms with E-state index in [0.29, 0.717) is 36.4 Å². The minimum absolute atomic E-state index is 0.0333. The summed E-state index contributed by atoms with van der Waals surface area (Å²) in [6.45, 7) is 6.76. The SMILES string of the molecule is CCS(=O)(=O)Nc1ccc2c(c1)C(=O)N(C)[C@@H]1CC[C@@H](CC(=O)NCCCN3CCOCC3)O[C@@H]1CO2. The molecule has 11 nitrogen and oxygen atoms in total. The first-order valence-electron chi connectivity index (χ1n) is 13.0. The van der Waals surface area contributed by atoms with E-state index < -0.39 is 10.0 Å². The van der Waals surface area contributed by atoms with Crippen LogP contribution in [0.15, 0.2) is 18.2 Å². The van der Waals surface area contributed by atoms with Gasteiger partial charge in [0.15, 0.2) is 0 Å². The average Bonchev–Trinajstić information content (AvgIpc) is 2.89. The van der Waals surface area contributed by atoms with Crippen molar-refractivity contribution in [3.05, 3.63) is 23.8 Å². The van der Waals surface area contributed by atoms with Crippen LogP contribution in [0.4, 0.5) is 5.69 Å². The number of sulfonamides is 1. The second-order valence-corrected chi connectivity index (χ2v) is 11.8. The molecule has 3 aliphatic heterocycles. The van der Waals surface area contributed by atoms with Crippen LogP contribution in [0.5, 0.6) is 5.75 Å². The molecule has 0 spiro atoms. The number of amides is 2. The average molecular weight is 539 g/mol. The van der Waals surface area contributed by atoms with Crippen molar-refractivity contribution in [1.82, 2.24) is 15.1 Å². The molecular weight excluding hydrogens is 500 g/mol. The highest BCUT2D eigenvalue weighted by Crippen LogP contribution is 2.32. The monoisotopic (exact) mass is 538 g/mol. The second-order valence-electron chi connectivity index (χ2n) is 9.75. The molecule has 3 atom stereocenters. The van der Waals surface area contributed by atoms with Crippen LogP contribution in [0.25, 0.3) is 0 Å². The molecule has 2 fully saturated rings. The van der Waals surface area contributed by atoms with Gasteiger partial charge in [-0.05, 0) is 50.9 Å². The van der Waals surface area contributed by atoms with Gasteiger partial charge in [0.2, 0.25) is 15.9 Å². The Balaban J connectivity index is 1.30. The van der Waals surface area contributed by atoms with E-state index in [-0.39, 0.29) is 48.8 Å². The molecule has 2 N–H and O–H groups in total. The molecule has 206 valence electrons. The van der Waals surface area contributed by atoms with Gasteiger partial charge in [-0.15, -0.1) is 0 Å². The number of hydrogen-bond acceptors (Lipinski definition) is 8. The quantitative estimate of drug-likeness (QED) is 0.447. The first-order chi connectivity index (χ1) is 17.8. The van der Waals surface area contributed by atoms with E-state index in [2.05, 4.69) is 14.9 Å². The predicted octanol–water partition coefficient (Wildman–Crippen LogP) is 1.06. The third kappa shape index (κ3) is 7.34. The van der Waals surface area contributed by atoms with Crippen LogP contribution in [0.2, 0.25) is 0 Å². The molecule has 3 heterocycles. The number of fused-ring (bicyclic) bond motifs is 2. The molecule has 0 aromatic heterocycles. The van der Waals surface area contributed by atoms with E-state index in [1.165, 1.54) is 6.07 Å². The van der Waals surface area contributed by atoms with Crippen molar-refractivity contribution in [1.29, 1.82) is 0 Å². The number of carbonyl (C=O) groups is 2. The van der Waals surface area contributed by atoms with E-state index >= 15 is 0 Å². The summed E-state index contributed by atoms with van der Waals surface area (Å²) in [5, 5.41) is 3.00. The van der Waals surface area contributed by atoms with Crippen molar-refractivity contribution in [2.24, 2.45) is 0 Å². The maximum atomic E-state index is 13.3. The molecule has 0 unspecified atom stereocenters. The number of hydrogen-bond donors (Lipinski definition) is 2. The van der Waals surface area contributed by atoms with Crippen LogP contribution in [0.3, 0.4) is 0 Å². The lowest BCUT2D eigenvalue weighted by Gasteiger charge is -2.42. The second kappa shape index (κ2) is 12.4. The van der Waals surface area contributed by atoms with Crippen molar-refractivity contribution in [3.63, 3.8) is 0 Å². The van der Waals surface area contributed by atoms with Crippen LogP contribution in [-0.4, -0.2) is 107 Å². The molecule has 1 aromatic carbocycles. The van der Waals surface area contributed by atoms with Crippen LogP contribution in [0, 0.1) is 0 Å². The maximum absolute atomic E-state index is 13.3. The van der Waals surface area contributed by atoms with Crippen molar-refractivity contribution < 1.29 is 32.2 Å². The number of nitrogens with one attached hydrogen (secondary N) is 2. The minimum atomic E-state index is -3.47. The highest BCUT2D eigenvalue weighted by atomic mass is 32.2. The summed E-state index contributed by atoms with van der Waals surface area (Å²) in [7, 11) is -1.74. The Bertz CT molecular complexity index is 1060. The zero-order valence-electron chi connectivity index (χ0n) is 21.6. The van der Waals surface area contributed by atoms with Crippen LogP contribution in [-0.2, 0) is 24.3 Å². The number of nitrogens with zero attached hydrogens (tertiary/aromatic N) is 2. The predicted molar refractivity (Wildman–Crippen MR) is 138 cm³/mol. The minimum Gasteiger partial charge on any atom is -0.490 e. The summed E-state index contributed by atoms with van der Waals surface area (Å²) >= 11 is 0. The van der Waals surface area contributed by atoms with Gasteiger partial charge in [-0.1, -0.05) is 0 Å². The van der Waals surface area contributed by atoms with Crippen LogP contribution >= 0.6 is 0 Å². The van der Waals surface area contributed by atoms with Gasteiger partial charge < -0.3 is 24.4 Å². The Hall–Kier alpha value is -2.41. The third-order valence-corrected chi connectivity index (χ3v) is 8.46. The lowest BCUT2D eigenvalue weighted by Crippen LogP contribution is -2.54. The number of benzene rings is 1. The summed E-state index contributed by atoms with van der Waals surface area (Å²) in [6, 6.07) is 4.48. The van der Waals surface area contributed by atoms with Gasteiger partial charge >= 0.3 is 0 Å². The first kappa shape index (κ1) is 27.6. The van der Waals surface area contributed by atoms with Crippen molar-refractivity contribution in [3.8, 4) is 5.75 Å². The highest BCUT2D eigenvalue weighted by molar-refractivity contribution is 7.92. The molecular formula is C25H38N4O7S. The fourth-order valence-corrected chi connectivity index (χ4v) is 5.61. The number of anilines is 1. The fourth-order valence-electron chi connectivity index (χ4n) is 4.98. The van der Waals surface area contributed by atoms with E-state index in [9.17, 15) is 18.0 Å². The van der Waals surface area contributed by atoms with Gasteiger partial charge in [0.05, 0.1) is 43.1 Å². The molecule has 1 aromatic rings. The Morgan fingerprint density at radius 2 is 1.97 bits per heavy atom. The first-order valence-corrected chi connectivity index (χ1v) is 14.7. The molecule has 0 aliphatic carbocycles. The molecule has 12 heteroatoms. The van der Waals surface area contributed by atoms with E-state index in [1.54, 1.807) is 31.0 Å². The van der Waals surface area contributed by atoms with Gasteiger partial charge in [-0.25, -0.2) is 8.42 Å². The Morgan fingerprint density at radius 3 is 2.73 bits per heavy atom. The van der Waals surface area contributed by atoms with Crippen LogP contribution in [0.1, 0.15) is 43.0 Å². The standard InChI is InChI=1S/C25H38N4O7S/c1-3-37(32,33)27-18-5-8-22-20(15-18)25(31)28(2)21-7-6-19(36-23(21)17-35-22)16-24(30)26-9-4-10-29-11-13-34-14-12-29/h5,8,15,19,21,23,27H,3-4,6-7,9-14,16-17H2,1-2H3,(H,26,30)/t19-,21+,23+/m0/s1. The topological polar surface area (TPSA) is 127 Å². The largest absolute Gasteiger partial charge is 0.490 e. The molecule has 2 saturated heterocycles. The Kier molecular flexibility index (Phi) is 9.27. The molecule has 4 rings (SSSR count). The maximum Gasteiger partial charge on any atom is 0.257 e. The van der Waals surface area contributed by atoms with E-state index in [1.807, 2.05) is 0 Å². The smallest absolute Gasteiger partial charge is 0.257 e. The number of ether oxygens (including phenoxy) is 3. The van der Waals surface area contributed by atoms with Gasteiger partial charge in [0.1, 0.15) is 18.5 Å². The molecule has 2 amide bonds. The van der Waals surface area contributed by atoms with Crippen molar-refractivity contribution >= 4 is 27.5 Å². The molecule has 37 heavy (non-hydrogen) atoms.